The number of amides is 1. The standard InChI is InChI=1S/C14H21N3O2/c1-3-17-8-4-5-11(17)9-16-14(18)12-6-7-15-10-13(12)19-2/h6-7,10-11H,3-5,8-9H2,1-2H3,(H,16,18). The molecule has 1 aliphatic heterocycles. The molecule has 1 fully saturated rings. The predicted octanol–water partition coefficient (Wildman–Crippen LogP) is 1.30. The largest absolute Gasteiger partial charge is 0.494 e. The van der Waals surface area contributed by atoms with Crippen LogP contribution in [0, 0.1) is 0 Å². The smallest absolute Gasteiger partial charge is 0.255 e. The molecular formula is C14H21N3O2. The van der Waals surface area contributed by atoms with Gasteiger partial charge in [-0.2, -0.15) is 0 Å². The summed E-state index contributed by atoms with van der Waals surface area (Å²) in [6.45, 7) is 5.03. The quantitative estimate of drug-likeness (QED) is 0.870. The number of rotatable bonds is 5. The monoisotopic (exact) mass is 263 g/mol. The molecule has 104 valence electrons. The van der Waals surface area contributed by atoms with Crippen LogP contribution >= 0.6 is 0 Å². The molecule has 1 atom stereocenters. The van der Waals surface area contributed by atoms with E-state index >= 15 is 0 Å². The van der Waals surface area contributed by atoms with E-state index in [0.717, 1.165) is 19.5 Å². The van der Waals surface area contributed by atoms with E-state index in [0.29, 0.717) is 23.9 Å². The SMILES string of the molecule is CCN1CCCC1CNC(=O)c1ccncc1OC. The number of carbonyl (C=O) groups is 1. The Kier molecular flexibility index (Phi) is 4.74. The van der Waals surface area contributed by atoms with Gasteiger partial charge in [0.25, 0.3) is 5.91 Å². The summed E-state index contributed by atoms with van der Waals surface area (Å²) in [7, 11) is 1.55. The molecule has 0 bridgehead atoms. The van der Waals surface area contributed by atoms with Gasteiger partial charge in [0, 0.05) is 18.8 Å². The molecule has 0 radical (unpaired) electrons. The fraction of sp³-hybridized carbons (Fsp3) is 0.571. The summed E-state index contributed by atoms with van der Waals surface area (Å²) in [6.07, 6.45) is 5.53. The van der Waals surface area contributed by atoms with Gasteiger partial charge in [-0.15, -0.1) is 0 Å². The molecule has 0 aliphatic carbocycles. The van der Waals surface area contributed by atoms with Crippen molar-refractivity contribution in [2.24, 2.45) is 0 Å². The Hall–Kier alpha value is -1.62. The number of pyridine rings is 1. The van der Waals surface area contributed by atoms with E-state index < -0.39 is 0 Å². The molecule has 1 unspecified atom stereocenters. The highest BCUT2D eigenvalue weighted by molar-refractivity contribution is 5.96. The highest BCUT2D eigenvalue weighted by Crippen LogP contribution is 2.17. The number of ether oxygens (including phenoxy) is 1. The third-order valence-electron chi connectivity index (χ3n) is 3.65. The van der Waals surface area contributed by atoms with Gasteiger partial charge in [0.05, 0.1) is 18.9 Å². The van der Waals surface area contributed by atoms with Crippen molar-refractivity contribution >= 4 is 5.91 Å². The van der Waals surface area contributed by atoms with Gasteiger partial charge in [0.15, 0.2) is 0 Å². The van der Waals surface area contributed by atoms with E-state index in [1.807, 2.05) is 0 Å². The van der Waals surface area contributed by atoms with Crippen LogP contribution in [-0.2, 0) is 0 Å². The van der Waals surface area contributed by atoms with Crippen LogP contribution in [0.15, 0.2) is 18.5 Å². The highest BCUT2D eigenvalue weighted by Gasteiger charge is 2.23. The van der Waals surface area contributed by atoms with E-state index in [-0.39, 0.29) is 5.91 Å². The van der Waals surface area contributed by atoms with Crippen molar-refractivity contribution in [3.8, 4) is 5.75 Å². The molecule has 19 heavy (non-hydrogen) atoms. The van der Waals surface area contributed by atoms with Gasteiger partial charge in [-0.25, -0.2) is 0 Å². The van der Waals surface area contributed by atoms with Crippen molar-refractivity contribution in [1.29, 1.82) is 0 Å². The molecule has 2 heterocycles. The van der Waals surface area contributed by atoms with Crippen LogP contribution in [0.2, 0.25) is 0 Å². The summed E-state index contributed by atoms with van der Waals surface area (Å²) < 4.78 is 5.15. The maximum absolute atomic E-state index is 12.1. The van der Waals surface area contributed by atoms with Crippen molar-refractivity contribution in [2.75, 3.05) is 26.7 Å². The zero-order chi connectivity index (χ0) is 13.7. The van der Waals surface area contributed by atoms with Gasteiger partial charge in [-0.1, -0.05) is 6.92 Å². The molecule has 1 amide bonds. The second-order valence-electron chi connectivity index (χ2n) is 4.71. The van der Waals surface area contributed by atoms with Gasteiger partial charge in [-0.3, -0.25) is 14.7 Å². The number of likely N-dealkylation sites (N-methyl/N-ethyl adjacent to an activating group) is 1. The van der Waals surface area contributed by atoms with Crippen LogP contribution in [0.5, 0.6) is 5.75 Å². The lowest BCUT2D eigenvalue weighted by molar-refractivity contribution is 0.0938. The molecule has 5 nitrogen and oxygen atoms in total. The number of carbonyl (C=O) groups excluding carboxylic acids is 1. The van der Waals surface area contributed by atoms with Crippen LogP contribution in [0.4, 0.5) is 0 Å². The number of hydrogen-bond donors (Lipinski definition) is 1. The summed E-state index contributed by atoms with van der Waals surface area (Å²) >= 11 is 0. The van der Waals surface area contributed by atoms with Gasteiger partial charge in [0.2, 0.25) is 0 Å². The third-order valence-corrected chi connectivity index (χ3v) is 3.65. The van der Waals surface area contributed by atoms with Crippen LogP contribution in [0.1, 0.15) is 30.1 Å². The number of methoxy groups -OCH3 is 1. The minimum atomic E-state index is -0.0952. The van der Waals surface area contributed by atoms with Crippen molar-refractivity contribution in [3.63, 3.8) is 0 Å². The Bertz CT molecular complexity index is 436. The first-order chi connectivity index (χ1) is 9.26. The molecule has 5 heteroatoms. The highest BCUT2D eigenvalue weighted by atomic mass is 16.5. The Morgan fingerprint density at radius 2 is 2.47 bits per heavy atom. The van der Waals surface area contributed by atoms with E-state index in [1.54, 1.807) is 25.6 Å². The molecule has 0 spiro atoms. The zero-order valence-electron chi connectivity index (χ0n) is 11.6. The summed E-state index contributed by atoms with van der Waals surface area (Å²) in [4.78, 5) is 18.5. The number of nitrogens with one attached hydrogen (secondary N) is 1. The predicted molar refractivity (Wildman–Crippen MR) is 73.4 cm³/mol. The molecular weight excluding hydrogens is 242 g/mol. The Labute approximate surface area is 114 Å². The lowest BCUT2D eigenvalue weighted by Crippen LogP contribution is -2.40. The Morgan fingerprint density at radius 1 is 1.63 bits per heavy atom. The first kappa shape index (κ1) is 13.8. The average molecular weight is 263 g/mol. The van der Waals surface area contributed by atoms with Crippen LogP contribution < -0.4 is 10.1 Å². The van der Waals surface area contributed by atoms with E-state index in [2.05, 4.69) is 22.1 Å². The summed E-state index contributed by atoms with van der Waals surface area (Å²) in [5.41, 5.74) is 0.540. The van der Waals surface area contributed by atoms with E-state index in [4.69, 9.17) is 4.74 Å². The normalized spacial score (nSPS) is 19.4. The van der Waals surface area contributed by atoms with Crippen molar-refractivity contribution in [2.45, 2.75) is 25.8 Å². The lowest BCUT2D eigenvalue weighted by atomic mass is 10.2. The first-order valence-electron chi connectivity index (χ1n) is 6.76. The average Bonchev–Trinajstić information content (AvgIpc) is 2.92. The first-order valence-corrected chi connectivity index (χ1v) is 6.76. The summed E-state index contributed by atoms with van der Waals surface area (Å²) in [5.74, 6) is 0.418. The Morgan fingerprint density at radius 3 is 3.21 bits per heavy atom. The van der Waals surface area contributed by atoms with Crippen molar-refractivity contribution in [3.05, 3.63) is 24.0 Å². The third kappa shape index (κ3) is 3.23. The molecule has 2 rings (SSSR count). The maximum atomic E-state index is 12.1. The second kappa shape index (κ2) is 6.52. The number of nitrogens with zero attached hydrogens (tertiary/aromatic N) is 2. The molecule has 1 aliphatic rings. The fourth-order valence-electron chi connectivity index (χ4n) is 2.58. The van der Waals surface area contributed by atoms with Crippen LogP contribution in [0.25, 0.3) is 0 Å². The van der Waals surface area contributed by atoms with Crippen LogP contribution in [0.3, 0.4) is 0 Å². The van der Waals surface area contributed by atoms with Gasteiger partial charge in [-0.05, 0) is 32.0 Å². The summed E-state index contributed by atoms with van der Waals surface area (Å²) in [6, 6.07) is 2.14. The summed E-state index contributed by atoms with van der Waals surface area (Å²) in [5, 5.41) is 2.99. The minimum absolute atomic E-state index is 0.0952. The molecule has 1 saturated heterocycles. The van der Waals surface area contributed by atoms with E-state index in [9.17, 15) is 4.79 Å². The zero-order valence-corrected chi connectivity index (χ0v) is 11.6. The topological polar surface area (TPSA) is 54.5 Å². The maximum Gasteiger partial charge on any atom is 0.255 e. The number of hydrogen-bond acceptors (Lipinski definition) is 4. The van der Waals surface area contributed by atoms with Crippen LogP contribution in [-0.4, -0.2) is 48.6 Å². The van der Waals surface area contributed by atoms with Crippen molar-refractivity contribution in [1.82, 2.24) is 15.2 Å². The van der Waals surface area contributed by atoms with Gasteiger partial charge in [0.1, 0.15) is 5.75 Å². The second-order valence-corrected chi connectivity index (χ2v) is 4.71. The minimum Gasteiger partial charge on any atom is -0.494 e. The molecule has 1 aromatic heterocycles. The molecule has 0 aromatic carbocycles. The molecule has 0 saturated carbocycles. The van der Waals surface area contributed by atoms with Gasteiger partial charge < -0.3 is 10.1 Å². The molecule has 1 N–H and O–H groups in total. The number of likely N-dealkylation sites (tertiary alicyclic amines) is 1. The van der Waals surface area contributed by atoms with Crippen molar-refractivity contribution < 1.29 is 9.53 Å². The molecule has 1 aromatic rings. The fourth-order valence-corrected chi connectivity index (χ4v) is 2.58. The van der Waals surface area contributed by atoms with E-state index in [1.165, 1.54) is 6.42 Å². The van der Waals surface area contributed by atoms with Gasteiger partial charge >= 0.3 is 0 Å². The number of aromatic nitrogens is 1. The Balaban J connectivity index is 1.94. The lowest BCUT2D eigenvalue weighted by Gasteiger charge is -2.23.